The zero-order valence-corrected chi connectivity index (χ0v) is 14.5. The highest BCUT2D eigenvalue weighted by molar-refractivity contribution is 5.96. The Labute approximate surface area is 147 Å². The lowest BCUT2D eigenvalue weighted by atomic mass is 9.98. The Morgan fingerprint density at radius 3 is 2.76 bits per heavy atom. The fourth-order valence-electron chi connectivity index (χ4n) is 3.18. The molecule has 0 aliphatic carbocycles. The van der Waals surface area contributed by atoms with Crippen molar-refractivity contribution in [3.8, 4) is 0 Å². The number of aromatic nitrogens is 2. The van der Waals surface area contributed by atoms with Gasteiger partial charge in [-0.05, 0) is 12.6 Å². The van der Waals surface area contributed by atoms with Gasteiger partial charge in [0, 0.05) is 32.5 Å². The molecule has 1 aliphatic heterocycles. The number of nitrogens with zero attached hydrogens (tertiary/aromatic N) is 4. The van der Waals surface area contributed by atoms with E-state index in [-0.39, 0.29) is 29.6 Å². The summed E-state index contributed by atoms with van der Waals surface area (Å²) in [4.78, 5) is 24.5. The van der Waals surface area contributed by atoms with E-state index < -0.39 is 0 Å². The van der Waals surface area contributed by atoms with Gasteiger partial charge in [-0.25, -0.2) is 9.97 Å². The van der Waals surface area contributed by atoms with Crippen LogP contribution in [0.5, 0.6) is 0 Å². The number of benzene rings is 1. The quantitative estimate of drug-likeness (QED) is 0.900. The van der Waals surface area contributed by atoms with Crippen LogP contribution in [-0.4, -0.2) is 65.6 Å². The number of carbonyl (C=O) groups is 1. The van der Waals surface area contributed by atoms with Crippen molar-refractivity contribution in [1.29, 1.82) is 0 Å². The first-order valence-corrected chi connectivity index (χ1v) is 8.26. The maximum Gasteiger partial charge on any atom is 0.276 e. The molecule has 2 heterocycles. The highest BCUT2D eigenvalue weighted by atomic mass is 16.5. The molecule has 0 bridgehead atoms. The number of hydrogen-bond donors (Lipinski definition) is 1. The number of amides is 1. The fourth-order valence-corrected chi connectivity index (χ4v) is 3.18. The predicted octanol–water partition coefficient (Wildman–Crippen LogP) is 1.20. The maximum atomic E-state index is 12.6. The van der Waals surface area contributed by atoms with E-state index in [2.05, 4.69) is 34.0 Å². The third kappa shape index (κ3) is 3.78. The summed E-state index contributed by atoms with van der Waals surface area (Å²) in [6.45, 7) is 1.93. The second-order valence-corrected chi connectivity index (χ2v) is 6.22. The summed E-state index contributed by atoms with van der Waals surface area (Å²) < 4.78 is 6.00. The first-order valence-electron chi connectivity index (χ1n) is 8.26. The molecule has 7 nitrogen and oxygen atoms in total. The molecule has 0 unspecified atom stereocenters. The van der Waals surface area contributed by atoms with Crippen molar-refractivity contribution in [3.05, 3.63) is 54.0 Å². The van der Waals surface area contributed by atoms with Gasteiger partial charge < -0.3 is 15.4 Å². The summed E-state index contributed by atoms with van der Waals surface area (Å²) in [5, 5.41) is 0. The average molecular weight is 341 g/mol. The Morgan fingerprint density at radius 1 is 1.32 bits per heavy atom. The van der Waals surface area contributed by atoms with Gasteiger partial charge in [-0.15, -0.1) is 0 Å². The van der Waals surface area contributed by atoms with Gasteiger partial charge in [0.05, 0.1) is 18.8 Å². The first kappa shape index (κ1) is 17.3. The molecule has 1 aliphatic rings. The normalized spacial score (nSPS) is 21.0. The first-order chi connectivity index (χ1) is 12.1. The maximum absolute atomic E-state index is 12.6. The minimum absolute atomic E-state index is 0.0874. The van der Waals surface area contributed by atoms with Gasteiger partial charge in [-0.3, -0.25) is 9.69 Å². The Morgan fingerprint density at radius 2 is 2.04 bits per heavy atom. The zero-order chi connectivity index (χ0) is 17.8. The molecule has 2 N–H and O–H groups in total. The third-order valence-corrected chi connectivity index (χ3v) is 4.47. The number of nitrogens with two attached hydrogens (primary N) is 1. The van der Waals surface area contributed by atoms with E-state index in [0.29, 0.717) is 13.2 Å². The lowest BCUT2D eigenvalue weighted by Crippen LogP contribution is -2.48. The summed E-state index contributed by atoms with van der Waals surface area (Å²) in [7, 11) is 3.81. The van der Waals surface area contributed by atoms with Crippen LogP contribution in [0.3, 0.4) is 0 Å². The van der Waals surface area contributed by atoms with E-state index >= 15 is 0 Å². The number of likely N-dealkylation sites (N-methyl/N-ethyl adjacent to an activating group) is 2. The number of ether oxygens (including phenoxy) is 1. The molecule has 132 valence electrons. The number of rotatable bonds is 4. The van der Waals surface area contributed by atoms with E-state index in [1.807, 2.05) is 18.2 Å². The molecule has 1 aromatic carbocycles. The van der Waals surface area contributed by atoms with Gasteiger partial charge in [0.2, 0.25) is 0 Å². The van der Waals surface area contributed by atoms with Crippen LogP contribution >= 0.6 is 0 Å². The molecule has 25 heavy (non-hydrogen) atoms. The Balaban J connectivity index is 1.77. The van der Waals surface area contributed by atoms with E-state index in [1.165, 1.54) is 18.0 Å². The van der Waals surface area contributed by atoms with Crippen LogP contribution in [0.1, 0.15) is 22.1 Å². The van der Waals surface area contributed by atoms with Crippen LogP contribution in [-0.2, 0) is 4.74 Å². The SMILES string of the molecule is CN(C[C@@H]1OCCN(C)[C@H]1c1ccccc1)C(=O)c1nccnc1N. The molecule has 7 heteroatoms. The average Bonchev–Trinajstić information content (AvgIpc) is 2.62. The summed E-state index contributed by atoms with van der Waals surface area (Å²) in [5.41, 5.74) is 7.12. The number of hydrogen-bond acceptors (Lipinski definition) is 6. The van der Waals surface area contributed by atoms with Gasteiger partial charge in [0.15, 0.2) is 11.5 Å². The molecule has 3 rings (SSSR count). The minimum atomic E-state index is -0.255. The zero-order valence-electron chi connectivity index (χ0n) is 14.5. The van der Waals surface area contributed by atoms with Crippen LogP contribution in [0.25, 0.3) is 0 Å². The predicted molar refractivity (Wildman–Crippen MR) is 95.0 cm³/mol. The summed E-state index contributed by atoms with van der Waals surface area (Å²) >= 11 is 0. The van der Waals surface area contributed by atoms with Crippen molar-refractivity contribution in [2.45, 2.75) is 12.1 Å². The van der Waals surface area contributed by atoms with Gasteiger partial charge in [-0.1, -0.05) is 30.3 Å². The summed E-state index contributed by atoms with van der Waals surface area (Å²) in [6, 6.07) is 10.3. The smallest absolute Gasteiger partial charge is 0.276 e. The van der Waals surface area contributed by atoms with Crippen LogP contribution in [0.15, 0.2) is 42.7 Å². The number of nitrogen functional groups attached to an aromatic ring is 1. The lowest BCUT2D eigenvalue weighted by Gasteiger charge is -2.40. The summed E-state index contributed by atoms with van der Waals surface area (Å²) in [5.74, 6) is -0.116. The molecule has 0 radical (unpaired) electrons. The number of carbonyl (C=O) groups excluding carboxylic acids is 1. The van der Waals surface area contributed by atoms with Crippen molar-refractivity contribution >= 4 is 11.7 Å². The second kappa shape index (κ2) is 7.58. The Hall–Kier alpha value is -2.51. The molecule has 2 atom stereocenters. The second-order valence-electron chi connectivity index (χ2n) is 6.22. The van der Waals surface area contributed by atoms with Crippen molar-refractivity contribution in [1.82, 2.24) is 19.8 Å². The van der Waals surface area contributed by atoms with E-state index in [1.54, 1.807) is 11.9 Å². The monoisotopic (exact) mass is 341 g/mol. The van der Waals surface area contributed by atoms with Crippen LogP contribution in [0.2, 0.25) is 0 Å². The van der Waals surface area contributed by atoms with E-state index in [4.69, 9.17) is 10.5 Å². The van der Waals surface area contributed by atoms with Gasteiger partial charge >= 0.3 is 0 Å². The van der Waals surface area contributed by atoms with Crippen LogP contribution in [0, 0.1) is 0 Å². The topological polar surface area (TPSA) is 84.6 Å². The van der Waals surface area contributed by atoms with Gasteiger partial charge in [-0.2, -0.15) is 0 Å². The molecule has 1 saturated heterocycles. The minimum Gasteiger partial charge on any atom is -0.382 e. The number of anilines is 1. The van der Waals surface area contributed by atoms with Gasteiger partial charge in [0.1, 0.15) is 0 Å². The van der Waals surface area contributed by atoms with Crippen LogP contribution in [0.4, 0.5) is 5.82 Å². The molecule has 1 aromatic heterocycles. The highest BCUT2D eigenvalue weighted by Gasteiger charge is 2.33. The van der Waals surface area contributed by atoms with E-state index in [9.17, 15) is 4.79 Å². The molecular formula is C18H23N5O2. The summed E-state index contributed by atoms with van der Waals surface area (Å²) in [6.07, 6.45) is 2.80. The van der Waals surface area contributed by atoms with Crippen LogP contribution < -0.4 is 5.73 Å². The Bertz CT molecular complexity index is 724. The van der Waals surface area contributed by atoms with Crippen molar-refractivity contribution in [2.24, 2.45) is 0 Å². The van der Waals surface area contributed by atoms with Crippen molar-refractivity contribution in [2.75, 3.05) is 39.5 Å². The lowest BCUT2D eigenvalue weighted by molar-refractivity contribution is -0.0708. The molecular weight excluding hydrogens is 318 g/mol. The Kier molecular flexibility index (Phi) is 5.25. The molecule has 1 amide bonds. The fraction of sp³-hybridized carbons (Fsp3) is 0.389. The standard InChI is InChI=1S/C18H23N5O2/c1-22-10-11-25-14(16(22)13-6-4-3-5-7-13)12-23(2)18(24)15-17(19)21-9-8-20-15/h3-9,14,16H,10-12H2,1-2H3,(H2,19,21)/t14-,16-/m0/s1. The van der Waals surface area contributed by atoms with E-state index in [0.717, 1.165) is 6.54 Å². The van der Waals surface area contributed by atoms with Gasteiger partial charge in [0.25, 0.3) is 5.91 Å². The number of morpholine rings is 1. The third-order valence-electron chi connectivity index (χ3n) is 4.47. The highest BCUT2D eigenvalue weighted by Crippen LogP contribution is 2.28. The molecule has 0 saturated carbocycles. The van der Waals surface area contributed by atoms with Crippen molar-refractivity contribution < 1.29 is 9.53 Å². The molecule has 1 fully saturated rings. The largest absolute Gasteiger partial charge is 0.382 e. The molecule has 2 aromatic rings. The molecule has 0 spiro atoms. The van der Waals surface area contributed by atoms with Crippen molar-refractivity contribution in [3.63, 3.8) is 0 Å².